The van der Waals surface area contributed by atoms with E-state index < -0.39 is 42.1 Å². The van der Waals surface area contributed by atoms with E-state index in [1.165, 1.54) is 19.2 Å². The molecule has 0 bridgehead atoms. The maximum absolute atomic E-state index is 12.3. The summed E-state index contributed by atoms with van der Waals surface area (Å²) >= 11 is 0. The number of rotatable bonds is 2. The maximum Gasteiger partial charge on any atom is 0.338 e. The highest BCUT2D eigenvalue weighted by molar-refractivity contribution is 7.92. The first kappa shape index (κ1) is 28.8. The average molecular weight is 560 g/mol. The van der Waals surface area contributed by atoms with Crippen molar-refractivity contribution in [2.24, 2.45) is 16.5 Å². The van der Waals surface area contributed by atoms with Gasteiger partial charge in [-0.05, 0) is 74.2 Å². The molecule has 38 heavy (non-hydrogen) atoms. The van der Waals surface area contributed by atoms with E-state index in [1.54, 1.807) is 64.1 Å². The molecule has 2 aliphatic heterocycles. The quantitative estimate of drug-likeness (QED) is 0.318. The smallest absolute Gasteiger partial charge is 0.338 e. The number of aliphatic imine (C=N–C) groups is 1. The molecule has 0 aliphatic carbocycles. The number of amides is 1. The van der Waals surface area contributed by atoms with E-state index in [-0.39, 0.29) is 21.3 Å². The second-order valence-corrected chi connectivity index (χ2v) is 13.5. The lowest BCUT2D eigenvalue weighted by Crippen LogP contribution is -2.25. The molecule has 0 aromatic heterocycles. The van der Waals surface area contributed by atoms with Gasteiger partial charge in [0.25, 0.3) is 5.91 Å². The normalized spacial score (nSPS) is 19.7. The van der Waals surface area contributed by atoms with E-state index in [0.29, 0.717) is 27.8 Å². The predicted octanol–water partition coefficient (Wildman–Crippen LogP) is 2.57. The third-order valence-electron chi connectivity index (χ3n) is 6.27. The van der Waals surface area contributed by atoms with Crippen molar-refractivity contribution in [1.82, 2.24) is 0 Å². The zero-order valence-corrected chi connectivity index (χ0v) is 23.2. The van der Waals surface area contributed by atoms with Crippen LogP contribution in [0.5, 0.6) is 0 Å². The monoisotopic (exact) mass is 559 g/mol. The SMILES string of the molecule is COC(=O)c1cc2c(cc1C)C=CC(C)S2(=O)=O.Cc1cc2c(cc1C(=O)N=C(N)N)S(=O)(=O)C(C)C=C2. The highest BCUT2D eigenvalue weighted by Gasteiger charge is 2.30. The highest BCUT2D eigenvalue weighted by atomic mass is 32.2. The molecule has 1 amide bonds. The fraction of sp³-hybridized carbons (Fsp3) is 0.269. The molecule has 0 fully saturated rings. The Morgan fingerprint density at radius 1 is 0.789 bits per heavy atom. The van der Waals surface area contributed by atoms with Gasteiger partial charge in [0, 0.05) is 5.56 Å². The molecule has 2 heterocycles. The van der Waals surface area contributed by atoms with Gasteiger partial charge in [0.05, 0.1) is 33.0 Å². The molecule has 0 saturated carbocycles. The van der Waals surface area contributed by atoms with Crippen LogP contribution in [0.25, 0.3) is 12.2 Å². The molecule has 4 N–H and O–H groups in total. The van der Waals surface area contributed by atoms with E-state index in [4.69, 9.17) is 11.5 Å². The molecule has 2 atom stereocenters. The zero-order chi connectivity index (χ0) is 28.6. The Balaban J connectivity index is 0.000000212. The summed E-state index contributed by atoms with van der Waals surface area (Å²) in [6, 6.07) is 6.09. The first-order chi connectivity index (χ1) is 17.6. The van der Waals surface area contributed by atoms with Gasteiger partial charge in [-0.25, -0.2) is 21.6 Å². The number of guanidine groups is 1. The lowest BCUT2D eigenvalue weighted by Gasteiger charge is -2.18. The molecule has 12 heteroatoms. The van der Waals surface area contributed by atoms with Crippen molar-refractivity contribution in [3.05, 3.63) is 69.8 Å². The van der Waals surface area contributed by atoms with Crippen molar-refractivity contribution in [2.45, 2.75) is 48.0 Å². The van der Waals surface area contributed by atoms with Gasteiger partial charge in [-0.15, -0.1) is 0 Å². The molecule has 2 aromatic carbocycles. The highest BCUT2D eigenvalue weighted by Crippen LogP contribution is 2.31. The van der Waals surface area contributed by atoms with Gasteiger partial charge in [0.2, 0.25) is 0 Å². The number of ether oxygens (including phenoxy) is 1. The summed E-state index contributed by atoms with van der Waals surface area (Å²) in [5.74, 6) is -1.53. The van der Waals surface area contributed by atoms with Crippen LogP contribution in [0.3, 0.4) is 0 Å². The van der Waals surface area contributed by atoms with Crippen molar-refractivity contribution in [3.8, 4) is 0 Å². The third-order valence-corrected chi connectivity index (χ3v) is 10.5. The van der Waals surface area contributed by atoms with Crippen LogP contribution in [0.15, 0.2) is 51.2 Å². The Bertz CT molecular complexity index is 1630. The Kier molecular flexibility index (Phi) is 7.99. The summed E-state index contributed by atoms with van der Waals surface area (Å²) in [6.07, 6.45) is 6.78. The van der Waals surface area contributed by atoms with Crippen LogP contribution in [-0.4, -0.2) is 52.3 Å². The number of methoxy groups -OCH3 is 1. The second-order valence-electron chi connectivity index (χ2n) is 8.96. The minimum atomic E-state index is -3.47. The predicted molar refractivity (Wildman–Crippen MR) is 145 cm³/mol. The van der Waals surface area contributed by atoms with Gasteiger partial charge in [-0.3, -0.25) is 4.79 Å². The number of aryl methyl sites for hydroxylation is 2. The number of benzene rings is 2. The van der Waals surface area contributed by atoms with Gasteiger partial charge in [0.15, 0.2) is 25.6 Å². The molecule has 2 unspecified atom stereocenters. The lowest BCUT2D eigenvalue weighted by atomic mass is 10.0. The van der Waals surface area contributed by atoms with E-state index in [0.717, 1.165) is 0 Å². The standard InChI is InChI=1S/C13H15N3O3S.C13H14O4S/c1-7-5-9-4-3-8(2)20(18,19)11(9)6-10(7)12(17)16-13(14)15;1-8-6-10-5-4-9(2)18(15,16)12(10)7-11(8)13(14)17-3/h3-6,8H,1-2H3,(H4,14,15,16,17);4-7,9H,1-3H3. The van der Waals surface area contributed by atoms with Crippen molar-refractivity contribution < 1.29 is 31.2 Å². The Morgan fingerprint density at radius 3 is 1.63 bits per heavy atom. The molecule has 0 radical (unpaired) electrons. The van der Waals surface area contributed by atoms with Crippen LogP contribution in [0.2, 0.25) is 0 Å². The second kappa shape index (κ2) is 10.5. The third kappa shape index (κ3) is 5.41. The number of sulfone groups is 2. The minimum Gasteiger partial charge on any atom is -0.465 e. The summed E-state index contributed by atoms with van der Waals surface area (Å²) in [5, 5.41) is -1.19. The number of nitrogens with two attached hydrogens (primary N) is 2. The molecular formula is C26H29N3O7S2. The lowest BCUT2D eigenvalue weighted by molar-refractivity contribution is 0.0599. The fourth-order valence-corrected chi connectivity index (χ4v) is 6.84. The van der Waals surface area contributed by atoms with Crippen LogP contribution in [-0.2, 0) is 24.4 Å². The zero-order valence-electron chi connectivity index (χ0n) is 21.5. The number of fused-ring (bicyclic) bond motifs is 2. The number of nitrogens with zero attached hydrogens (tertiary/aromatic N) is 1. The van der Waals surface area contributed by atoms with Crippen LogP contribution in [0.1, 0.15) is 56.8 Å². The summed E-state index contributed by atoms with van der Waals surface area (Å²) in [5.41, 5.74) is 13.3. The van der Waals surface area contributed by atoms with E-state index in [2.05, 4.69) is 9.73 Å². The molecule has 10 nitrogen and oxygen atoms in total. The Morgan fingerprint density at radius 2 is 1.21 bits per heavy atom. The topological polar surface area (TPSA) is 176 Å². The van der Waals surface area contributed by atoms with Gasteiger partial charge in [-0.2, -0.15) is 4.99 Å². The van der Waals surface area contributed by atoms with Crippen molar-refractivity contribution in [3.63, 3.8) is 0 Å². The van der Waals surface area contributed by atoms with E-state index in [1.807, 2.05) is 0 Å². The molecule has 0 saturated heterocycles. The summed E-state index contributed by atoms with van der Waals surface area (Å²) in [7, 11) is -5.59. The largest absolute Gasteiger partial charge is 0.465 e. The fourth-order valence-electron chi connectivity index (χ4n) is 4.00. The molecular weight excluding hydrogens is 530 g/mol. The van der Waals surface area contributed by atoms with Crippen molar-refractivity contribution in [1.29, 1.82) is 0 Å². The number of hydrogen-bond donors (Lipinski definition) is 2. The minimum absolute atomic E-state index is 0.132. The van der Waals surface area contributed by atoms with Crippen LogP contribution >= 0.6 is 0 Å². The number of esters is 1. The average Bonchev–Trinajstić information content (AvgIpc) is 2.83. The molecule has 4 rings (SSSR count). The van der Waals surface area contributed by atoms with Gasteiger partial charge in [0.1, 0.15) is 0 Å². The van der Waals surface area contributed by atoms with Gasteiger partial charge >= 0.3 is 5.97 Å². The molecule has 2 aliphatic rings. The van der Waals surface area contributed by atoms with Gasteiger partial charge in [-0.1, -0.05) is 24.3 Å². The number of hydrogen-bond acceptors (Lipinski definition) is 7. The molecule has 2 aromatic rings. The van der Waals surface area contributed by atoms with E-state index >= 15 is 0 Å². The summed E-state index contributed by atoms with van der Waals surface area (Å²) in [4.78, 5) is 27.2. The van der Waals surface area contributed by atoms with E-state index in [9.17, 15) is 26.4 Å². The number of carbonyl (C=O) groups is 2. The summed E-state index contributed by atoms with van der Waals surface area (Å²) < 4.78 is 53.5. The first-order valence-electron chi connectivity index (χ1n) is 11.5. The summed E-state index contributed by atoms with van der Waals surface area (Å²) in [6.45, 7) is 6.66. The molecule has 202 valence electrons. The van der Waals surface area contributed by atoms with Crippen molar-refractivity contribution in [2.75, 3.05) is 7.11 Å². The van der Waals surface area contributed by atoms with Crippen LogP contribution < -0.4 is 11.5 Å². The maximum atomic E-state index is 12.3. The van der Waals surface area contributed by atoms with Crippen molar-refractivity contribution >= 4 is 49.7 Å². The molecule has 0 spiro atoms. The number of carbonyl (C=O) groups excluding carboxylic acids is 2. The first-order valence-corrected chi connectivity index (χ1v) is 14.6. The van der Waals surface area contributed by atoms with Crippen LogP contribution in [0.4, 0.5) is 0 Å². The Hall–Kier alpha value is -3.77. The van der Waals surface area contributed by atoms with Gasteiger partial charge < -0.3 is 16.2 Å². The Labute approximate surface area is 221 Å². The van der Waals surface area contributed by atoms with Crippen LogP contribution in [0, 0.1) is 13.8 Å².